The van der Waals surface area contributed by atoms with Gasteiger partial charge in [0.15, 0.2) is 5.78 Å². The smallest absolute Gasteiger partial charge is 0.263 e. The molecular weight excluding hydrogens is 532 g/mol. The number of aromatic nitrogens is 1. The number of rotatable bonds is 14. The first-order valence-corrected chi connectivity index (χ1v) is 15.3. The molecule has 1 aliphatic rings. The first-order chi connectivity index (χ1) is 17.7. The van der Waals surface area contributed by atoms with Crippen molar-refractivity contribution in [1.82, 2.24) is 20.9 Å². The Morgan fingerprint density at radius 1 is 1.00 bits per heavy atom. The van der Waals surface area contributed by atoms with Gasteiger partial charge in [-0.25, -0.2) is 4.98 Å². The van der Waals surface area contributed by atoms with Crippen LogP contribution < -0.4 is 16.0 Å². The molecule has 9 nitrogen and oxygen atoms in total. The van der Waals surface area contributed by atoms with Crippen LogP contribution in [0, 0.1) is 6.92 Å². The first kappa shape index (κ1) is 29.2. The Kier molecular flexibility index (Phi) is 10.6. The van der Waals surface area contributed by atoms with E-state index in [-0.39, 0.29) is 5.78 Å². The summed E-state index contributed by atoms with van der Waals surface area (Å²) in [5, 5.41) is 9.11. The monoisotopic (exact) mass is 564 g/mol. The number of ketones is 1. The predicted molar refractivity (Wildman–Crippen MR) is 148 cm³/mol. The quantitative estimate of drug-likeness (QED) is 0.297. The Bertz CT molecular complexity index is 1110. The fourth-order valence-corrected chi connectivity index (χ4v) is 5.43. The van der Waals surface area contributed by atoms with E-state index < -0.39 is 41.4 Å². The van der Waals surface area contributed by atoms with Crippen LogP contribution in [0.5, 0.6) is 0 Å². The molecule has 1 aromatic heterocycles. The van der Waals surface area contributed by atoms with Gasteiger partial charge in [0.1, 0.15) is 22.6 Å². The molecule has 0 bridgehead atoms. The number of hydrogen-bond donors (Lipinski definition) is 3. The van der Waals surface area contributed by atoms with Gasteiger partial charge < -0.3 is 20.7 Å². The van der Waals surface area contributed by atoms with Gasteiger partial charge >= 0.3 is 0 Å². The number of Topliss-reactive ketones (excluding diaryl/α,β-unsaturated/α-hetero) is 1. The van der Waals surface area contributed by atoms with E-state index in [4.69, 9.17) is 4.74 Å². The maximum absolute atomic E-state index is 13.3. The molecule has 0 radical (unpaired) electrons. The van der Waals surface area contributed by atoms with Gasteiger partial charge in [-0.1, -0.05) is 30.3 Å². The van der Waals surface area contributed by atoms with Crippen LogP contribution >= 0.6 is 34.9 Å². The van der Waals surface area contributed by atoms with Gasteiger partial charge in [-0.2, -0.15) is 23.5 Å². The average molecular weight is 565 g/mol. The van der Waals surface area contributed by atoms with Gasteiger partial charge in [0.05, 0.1) is 23.9 Å². The molecule has 0 spiro atoms. The molecule has 1 aliphatic heterocycles. The van der Waals surface area contributed by atoms with Crippen LogP contribution in [-0.4, -0.2) is 82.8 Å². The Hall–Kier alpha value is -2.41. The summed E-state index contributed by atoms with van der Waals surface area (Å²) >= 11 is 4.03. The zero-order valence-electron chi connectivity index (χ0n) is 21.2. The second kappa shape index (κ2) is 13.4. The van der Waals surface area contributed by atoms with Crippen LogP contribution in [0.15, 0.2) is 36.5 Å². The lowest BCUT2D eigenvalue weighted by Crippen LogP contribution is -2.58. The predicted octanol–water partition coefficient (Wildman–Crippen LogP) is 1.85. The van der Waals surface area contributed by atoms with Crippen molar-refractivity contribution < 1.29 is 23.9 Å². The SMILES string of the molecule is CSC[C@@H](NC(=O)c1cnc(C)s1)C(=O)N[C@H](CSC)C(=O)NC(Cc1ccccc1)C(=O)[C@@]1(C)CO1. The lowest BCUT2D eigenvalue weighted by molar-refractivity contribution is -0.132. The Labute approximate surface area is 229 Å². The number of benzene rings is 1. The van der Waals surface area contributed by atoms with Crippen LogP contribution in [0.2, 0.25) is 0 Å². The van der Waals surface area contributed by atoms with Gasteiger partial charge in [-0.05, 0) is 38.3 Å². The number of aryl methyl sites for hydroxylation is 1. The van der Waals surface area contributed by atoms with Crippen LogP contribution in [0.4, 0.5) is 0 Å². The zero-order valence-corrected chi connectivity index (χ0v) is 23.7. The average Bonchev–Trinajstić information content (AvgIpc) is 3.48. The molecule has 3 rings (SSSR count). The number of amides is 3. The van der Waals surface area contributed by atoms with E-state index in [9.17, 15) is 19.2 Å². The lowest BCUT2D eigenvalue weighted by Gasteiger charge is -2.25. The number of ether oxygens (including phenoxy) is 1. The third-order valence-corrected chi connectivity index (χ3v) is 8.03. The fraction of sp³-hybridized carbons (Fsp3) is 0.480. The zero-order chi connectivity index (χ0) is 27.0. The van der Waals surface area contributed by atoms with E-state index in [1.807, 2.05) is 42.8 Å². The van der Waals surface area contributed by atoms with E-state index in [1.165, 1.54) is 41.1 Å². The van der Waals surface area contributed by atoms with E-state index in [0.29, 0.717) is 29.4 Å². The molecule has 4 atom stereocenters. The normalized spacial score (nSPS) is 18.8. The van der Waals surface area contributed by atoms with Crippen LogP contribution in [-0.2, 0) is 25.5 Å². The summed E-state index contributed by atoms with van der Waals surface area (Å²) in [5.74, 6) is -0.905. The molecule has 12 heteroatoms. The minimum absolute atomic E-state index is 0.202. The number of nitrogens with one attached hydrogen (secondary N) is 3. The number of epoxide rings is 1. The maximum Gasteiger partial charge on any atom is 0.263 e. The number of carbonyl (C=O) groups is 4. The van der Waals surface area contributed by atoms with E-state index >= 15 is 0 Å². The van der Waals surface area contributed by atoms with Crippen molar-refractivity contribution in [2.24, 2.45) is 0 Å². The third kappa shape index (κ3) is 8.29. The second-order valence-electron chi connectivity index (χ2n) is 8.88. The van der Waals surface area contributed by atoms with E-state index in [0.717, 1.165) is 10.6 Å². The van der Waals surface area contributed by atoms with Crippen molar-refractivity contribution in [1.29, 1.82) is 0 Å². The topological polar surface area (TPSA) is 130 Å². The molecule has 1 unspecified atom stereocenters. The van der Waals surface area contributed by atoms with Gasteiger partial charge in [-0.3, -0.25) is 19.2 Å². The second-order valence-corrected chi connectivity index (χ2v) is 11.9. The third-order valence-electron chi connectivity index (χ3n) is 5.78. The highest BCUT2D eigenvalue weighted by Gasteiger charge is 2.50. The highest BCUT2D eigenvalue weighted by atomic mass is 32.2. The molecule has 200 valence electrons. The number of thioether (sulfide) groups is 2. The number of hydrogen-bond acceptors (Lipinski definition) is 9. The van der Waals surface area contributed by atoms with Crippen molar-refractivity contribution in [2.75, 3.05) is 30.6 Å². The van der Waals surface area contributed by atoms with Crippen molar-refractivity contribution in [3.8, 4) is 0 Å². The fourth-order valence-electron chi connectivity index (χ4n) is 3.62. The Morgan fingerprint density at radius 2 is 1.57 bits per heavy atom. The van der Waals surface area contributed by atoms with Crippen molar-refractivity contribution in [3.63, 3.8) is 0 Å². The van der Waals surface area contributed by atoms with Crippen LogP contribution in [0.3, 0.4) is 0 Å². The summed E-state index contributed by atoms with van der Waals surface area (Å²) < 4.78 is 5.34. The number of carbonyl (C=O) groups excluding carboxylic acids is 4. The minimum Gasteiger partial charge on any atom is -0.361 e. The first-order valence-electron chi connectivity index (χ1n) is 11.7. The lowest BCUT2D eigenvalue weighted by atomic mass is 9.94. The van der Waals surface area contributed by atoms with Crippen molar-refractivity contribution in [2.45, 2.75) is 44.0 Å². The summed E-state index contributed by atoms with van der Waals surface area (Å²) in [5.41, 5.74) is -0.00911. The summed E-state index contributed by atoms with van der Waals surface area (Å²) in [7, 11) is 0. The van der Waals surface area contributed by atoms with Gasteiger partial charge in [0, 0.05) is 11.5 Å². The van der Waals surface area contributed by atoms with Crippen molar-refractivity contribution >= 4 is 58.4 Å². The molecule has 1 saturated heterocycles. The summed E-state index contributed by atoms with van der Waals surface area (Å²) in [6.07, 6.45) is 5.44. The van der Waals surface area contributed by atoms with Crippen LogP contribution in [0.25, 0.3) is 0 Å². The summed E-state index contributed by atoms with van der Waals surface area (Å²) in [4.78, 5) is 56.7. The van der Waals surface area contributed by atoms with E-state index in [1.54, 1.807) is 13.8 Å². The maximum atomic E-state index is 13.3. The molecule has 2 aromatic rings. The molecule has 37 heavy (non-hydrogen) atoms. The molecule has 1 aromatic carbocycles. The van der Waals surface area contributed by atoms with Crippen molar-refractivity contribution in [3.05, 3.63) is 52.0 Å². The Morgan fingerprint density at radius 3 is 2.08 bits per heavy atom. The molecule has 0 aliphatic carbocycles. The van der Waals surface area contributed by atoms with Gasteiger partial charge in [0.25, 0.3) is 5.91 Å². The number of thiazole rings is 1. The molecule has 1 fully saturated rings. The summed E-state index contributed by atoms with van der Waals surface area (Å²) in [6, 6.07) is 6.87. The molecule has 2 heterocycles. The molecule has 0 saturated carbocycles. The largest absolute Gasteiger partial charge is 0.361 e. The van der Waals surface area contributed by atoms with Gasteiger partial charge in [-0.15, -0.1) is 11.3 Å². The highest BCUT2D eigenvalue weighted by molar-refractivity contribution is 7.98. The summed E-state index contributed by atoms with van der Waals surface area (Å²) in [6.45, 7) is 3.82. The van der Waals surface area contributed by atoms with Crippen LogP contribution in [0.1, 0.15) is 27.2 Å². The minimum atomic E-state index is -0.909. The molecular formula is C25H32N4O5S3. The standard InChI is InChI=1S/C25H32N4O5S3/c1-15-26-11-20(37-15)24(33)29-19(13-36-4)23(32)28-18(12-35-3)22(31)27-17(21(30)25(2)14-34-25)10-16-8-6-5-7-9-16/h5-9,11,17-19H,10,12-14H2,1-4H3,(H,27,31)(H,28,32)(H,29,33)/t17?,18-,19-,25-/m1/s1. The molecule has 3 amide bonds. The highest BCUT2D eigenvalue weighted by Crippen LogP contribution is 2.29. The Balaban J connectivity index is 1.70. The number of nitrogens with zero attached hydrogens (tertiary/aromatic N) is 1. The van der Waals surface area contributed by atoms with E-state index in [2.05, 4.69) is 20.9 Å². The molecule has 3 N–H and O–H groups in total. The van der Waals surface area contributed by atoms with Gasteiger partial charge in [0.2, 0.25) is 11.8 Å².